The van der Waals surface area contributed by atoms with Gasteiger partial charge in [0.05, 0.1) is 6.04 Å². The Morgan fingerprint density at radius 1 is 1.29 bits per heavy atom. The second-order valence-electron chi connectivity index (χ2n) is 5.78. The highest BCUT2D eigenvalue weighted by atomic mass is 16.2. The van der Waals surface area contributed by atoms with Gasteiger partial charge in [0.2, 0.25) is 5.91 Å². The molecule has 1 fully saturated rings. The third kappa shape index (κ3) is 5.50. The number of nitrogens with zero attached hydrogens (tertiary/aromatic N) is 1. The average molecular weight is 241 g/mol. The molecule has 0 aromatic heterocycles. The number of carbonyl (C=O) groups excluding carboxylic acids is 1. The number of rotatable bonds is 7. The fourth-order valence-corrected chi connectivity index (χ4v) is 1.80. The normalized spacial score (nSPS) is 19.5. The first kappa shape index (κ1) is 14.5. The van der Waals surface area contributed by atoms with Crippen LogP contribution in [0.1, 0.15) is 33.6 Å². The van der Waals surface area contributed by atoms with Crippen LogP contribution in [-0.4, -0.2) is 49.6 Å². The maximum absolute atomic E-state index is 11.9. The number of amides is 1. The van der Waals surface area contributed by atoms with Crippen LogP contribution in [0.2, 0.25) is 0 Å². The van der Waals surface area contributed by atoms with Gasteiger partial charge in [-0.15, -0.1) is 0 Å². The second kappa shape index (κ2) is 6.36. The molecule has 1 amide bonds. The van der Waals surface area contributed by atoms with Gasteiger partial charge in [0.25, 0.3) is 0 Å². The van der Waals surface area contributed by atoms with Crippen LogP contribution in [0.15, 0.2) is 0 Å². The predicted molar refractivity (Wildman–Crippen MR) is 70.9 cm³/mol. The van der Waals surface area contributed by atoms with E-state index in [1.54, 1.807) is 0 Å². The number of hydrogen-bond donors (Lipinski definition) is 2. The Kier molecular flexibility index (Phi) is 5.40. The van der Waals surface area contributed by atoms with E-state index < -0.39 is 0 Å². The van der Waals surface area contributed by atoms with Crippen LogP contribution in [0.5, 0.6) is 0 Å². The molecule has 0 aliphatic heterocycles. The minimum Gasteiger partial charge on any atom is -0.352 e. The summed E-state index contributed by atoms with van der Waals surface area (Å²) in [4.78, 5) is 14.0. The van der Waals surface area contributed by atoms with Gasteiger partial charge in [-0.25, -0.2) is 0 Å². The van der Waals surface area contributed by atoms with Crippen LogP contribution in [-0.2, 0) is 4.79 Å². The Morgan fingerprint density at radius 3 is 2.29 bits per heavy atom. The molecule has 0 bridgehead atoms. The maximum atomic E-state index is 11.9. The van der Waals surface area contributed by atoms with Crippen molar-refractivity contribution in [2.24, 2.45) is 5.92 Å². The van der Waals surface area contributed by atoms with Crippen molar-refractivity contribution in [3.05, 3.63) is 0 Å². The summed E-state index contributed by atoms with van der Waals surface area (Å²) < 4.78 is 0. The molecule has 0 aromatic carbocycles. The molecule has 0 heterocycles. The van der Waals surface area contributed by atoms with E-state index in [4.69, 9.17) is 0 Å². The maximum Gasteiger partial charge on any atom is 0.237 e. The Morgan fingerprint density at radius 2 is 1.88 bits per heavy atom. The molecule has 2 N–H and O–H groups in total. The lowest BCUT2D eigenvalue weighted by atomic mass is 10.0. The van der Waals surface area contributed by atoms with Gasteiger partial charge >= 0.3 is 0 Å². The third-order valence-corrected chi connectivity index (χ3v) is 3.15. The molecule has 4 heteroatoms. The summed E-state index contributed by atoms with van der Waals surface area (Å²) in [6.07, 6.45) is 2.29. The highest BCUT2D eigenvalue weighted by Crippen LogP contribution is 2.18. The van der Waals surface area contributed by atoms with Crippen molar-refractivity contribution in [3.63, 3.8) is 0 Å². The molecule has 17 heavy (non-hydrogen) atoms. The van der Waals surface area contributed by atoms with Gasteiger partial charge in [-0.2, -0.15) is 0 Å². The van der Waals surface area contributed by atoms with E-state index in [2.05, 4.69) is 43.5 Å². The van der Waals surface area contributed by atoms with Crippen molar-refractivity contribution >= 4 is 5.91 Å². The Labute approximate surface area is 105 Å². The van der Waals surface area contributed by atoms with Crippen molar-refractivity contribution in [3.8, 4) is 0 Å². The first-order chi connectivity index (χ1) is 7.90. The van der Waals surface area contributed by atoms with Crippen LogP contribution in [0.25, 0.3) is 0 Å². The van der Waals surface area contributed by atoms with E-state index in [1.165, 1.54) is 0 Å². The molecule has 2 atom stereocenters. The first-order valence-corrected chi connectivity index (χ1v) is 6.61. The van der Waals surface area contributed by atoms with Gasteiger partial charge in [0.1, 0.15) is 0 Å². The van der Waals surface area contributed by atoms with Gasteiger partial charge in [0, 0.05) is 18.6 Å². The lowest BCUT2D eigenvalue weighted by Crippen LogP contribution is -2.51. The Balaban J connectivity index is 2.38. The molecule has 0 saturated heterocycles. The lowest BCUT2D eigenvalue weighted by molar-refractivity contribution is -0.123. The lowest BCUT2D eigenvalue weighted by Gasteiger charge is -2.28. The van der Waals surface area contributed by atoms with Crippen LogP contribution in [0.3, 0.4) is 0 Å². The average Bonchev–Trinajstić information content (AvgIpc) is 2.99. The first-order valence-electron chi connectivity index (χ1n) is 6.61. The minimum absolute atomic E-state index is 0.108. The van der Waals surface area contributed by atoms with E-state index in [0.717, 1.165) is 19.4 Å². The molecular weight excluding hydrogens is 214 g/mol. The van der Waals surface area contributed by atoms with Crippen LogP contribution >= 0.6 is 0 Å². The van der Waals surface area contributed by atoms with E-state index in [1.807, 2.05) is 6.92 Å². The zero-order valence-corrected chi connectivity index (χ0v) is 11.8. The second-order valence-corrected chi connectivity index (χ2v) is 5.78. The topological polar surface area (TPSA) is 44.4 Å². The molecule has 0 spiro atoms. The van der Waals surface area contributed by atoms with Crippen molar-refractivity contribution in [1.29, 1.82) is 0 Å². The van der Waals surface area contributed by atoms with Gasteiger partial charge in [-0.1, -0.05) is 13.8 Å². The largest absolute Gasteiger partial charge is 0.352 e. The molecule has 1 aliphatic rings. The fraction of sp³-hybridized carbons (Fsp3) is 0.923. The summed E-state index contributed by atoms with van der Waals surface area (Å²) in [6, 6.07) is 0.686. The smallest absolute Gasteiger partial charge is 0.237 e. The summed E-state index contributed by atoms with van der Waals surface area (Å²) in [5.74, 6) is 0.658. The van der Waals surface area contributed by atoms with Crippen molar-refractivity contribution < 1.29 is 4.79 Å². The molecule has 0 radical (unpaired) electrons. The van der Waals surface area contributed by atoms with Crippen molar-refractivity contribution in [2.75, 3.05) is 20.6 Å². The number of nitrogens with one attached hydrogen (secondary N) is 2. The number of likely N-dealkylation sites (N-methyl/N-ethyl adjacent to an activating group) is 1. The van der Waals surface area contributed by atoms with Gasteiger partial charge in [-0.3, -0.25) is 4.79 Å². The highest BCUT2D eigenvalue weighted by molar-refractivity contribution is 5.81. The van der Waals surface area contributed by atoms with E-state index in [9.17, 15) is 4.79 Å². The summed E-state index contributed by atoms with van der Waals surface area (Å²) in [6.45, 7) is 7.28. The highest BCUT2D eigenvalue weighted by Gasteiger charge is 2.27. The summed E-state index contributed by atoms with van der Waals surface area (Å²) in [5, 5.41) is 6.46. The van der Waals surface area contributed by atoms with Crippen LogP contribution in [0, 0.1) is 5.92 Å². The molecule has 100 valence electrons. The quantitative estimate of drug-likeness (QED) is 0.694. The zero-order valence-electron chi connectivity index (χ0n) is 11.8. The Hall–Kier alpha value is -0.610. The van der Waals surface area contributed by atoms with E-state index in [0.29, 0.717) is 18.0 Å². The zero-order chi connectivity index (χ0) is 13.0. The molecular formula is C13H27N3O. The van der Waals surface area contributed by atoms with Crippen molar-refractivity contribution in [1.82, 2.24) is 15.5 Å². The predicted octanol–water partition coefficient (Wildman–Crippen LogP) is 0.829. The third-order valence-electron chi connectivity index (χ3n) is 3.15. The van der Waals surface area contributed by atoms with Gasteiger partial charge in [-0.05, 0) is 39.8 Å². The Bertz CT molecular complexity index is 249. The number of carbonyl (C=O) groups is 1. The van der Waals surface area contributed by atoms with Crippen molar-refractivity contribution in [2.45, 2.75) is 51.7 Å². The van der Waals surface area contributed by atoms with Gasteiger partial charge < -0.3 is 15.5 Å². The molecule has 0 aromatic rings. The molecule has 1 aliphatic carbocycles. The summed E-state index contributed by atoms with van der Waals surface area (Å²) in [5.41, 5.74) is 0. The molecule has 2 unspecified atom stereocenters. The monoisotopic (exact) mass is 241 g/mol. The molecule has 1 saturated carbocycles. The van der Waals surface area contributed by atoms with E-state index >= 15 is 0 Å². The van der Waals surface area contributed by atoms with E-state index in [-0.39, 0.29) is 11.9 Å². The SMILES string of the molecule is CC(NC(CN(C)C)C(C)C)C(=O)NC1CC1. The fourth-order valence-electron chi connectivity index (χ4n) is 1.80. The summed E-state index contributed by atoms with van der Waals surface area (Å²) >= 11 is 0. The van der Waals surface area contributed by atoms with Gasteiger partial charge in [0.15, 0.2) is 0 Å². The summed E-state index contributed by atoms with van der Waals surface area (Å²) in [7, 11) is 4.12. The standard InChI is InChI=1S/C13H27N3O/c1-9(2)12(8-16(4)5)14-10(3)13(17)15-11-6-7-11/h9-12,14H,6-8H2,1-5H3,(H,15,17). The van der Waals surface area contributed by atoms with Crippen LogP contribution in [0.4, 0.5) is 0 Å². The number of hydrogen-bond acceptors (Lipinski definition) is 3. The molecule has 1 rings (SSSR count). The minimum atomic E-state index is -0.108. The molecule has 4 nitrogen and oxygen atoms in total. The van der Waals surface area contributed by atoms with Crippen LogP contribution < -0.4 is 10.6 Å².